The number of amides is 1. The summed E-state index contributed by atoms with van der Waals surface area (Å²) < 4.78 is 0. The lowest BCUT2D eigenvalue weighted by molar-refractivity contribution is -0.123. The van der Waals surface area contributed by atoms with Crippen LogP contribution in [0.25, 0.3) is 0 Å². The average Bonchev–Trinajstić information content (AvgIpc) is 2.33. The molecule has 4 nitrogen and oxygen atoms in total. The maximum absolute atomic E-state index is 11.9. The molecule has 4 heteroatoms. The quantitative estimate of drug-likeness (QED) is 0.681. The summed E-state index contributed by atoms with van der Waals surface area (Å²) in [6, 6.07) is 0.733. The van der Waals surface area contributed by atoms with E-state index in [1.807, 2.05) is 0 Å². The van der Waals surface area contributed by atoms with E-state index in [0.29, 0.717) is 24.4 Å². The van der Waals surface area contributed by atoms with Gasteiger partial charge in [-0.1, -0.05) is 0 Å². The standard InChI is InChI=1S/C13H25N3O/c14-11-1-3-12(4-2-11)16-13(17)9-10-5-7-15-8-6-10/h10-12,15H,1-9,14H2,(H,16,17). The van der Waals surface area contributed by atoms with Crippen LogP contribution < -0.4 is 16.4 Å². The third-order valence-corrected chi connectivity index (χ3v) is 4.07. The van der Waals surface area contributed by atoms with E-state index in [4.69, 9.17) is 5.73 Å². The Bertz CT molecular complexity index is 243. The van der Waals surface area contributed by atoms with Crippen molar-refractivity contribution in [3.63, 3.8) is 0 Å². The summed E-state index contributed by atoms with van der Waals surface area (Å²) in [6.07, 6.45) is 7.21. The van der Waals surface area contributed by atoms with Crippen LogP contribution in [0, 0.1) is 5.92 Å². The van der Waals surface area contributed by atoms with Crippen molar-refractivity contribution in [2.75, 3.05) is 13.1 Å². The van der Waals surface area contributed by atoms with Crippen LogP contribution in [0.15, 0.2) is 0 Å². The molecule has 2 aliphatic rings. The zero-order valence-corrected chi connectivity index (χ0v) is 10.6. The van der Waals surface area contributed by atoms with Crippen molar-refractivity contribution in [2.45, 2.75) is 57.0 Å². The summed E-state index contributed by atoms with van der Waals surface area (Å²) >= 11 is 0. The van der Waals surface area contributed by atoms with Gasteiger partial charge in [0.25, 0.3) is 0 Å². The van der Waals surface area contributed by atoms with Crippen LogP contribution in [0.2, 0.25) is 0 Å². The molecule has 17 heavy (non-hydrogen) atoms. The van der Waals surface area contributed by atoms with E-state index in [2.05, 4.69) is 10.6 Å². The molecule has 0 aromatic rings. The van der Waals surface area contributed by atoms with Gasteiger partial charge in [0.15, 0.2) is 0 Å². The van der Waals surface area contributed by atoms with E-state index in [0.717, 1.165) is 51.6 Å². The fourth-order valence-electron chi connectivity index (χ4n) is 2.90. The Hall–Kier alpha value is -0.610. The van der Waals surface area contributed by atoms with Crippen LogP contribution in [0.5, 0.6) is 0 Å². The maximum atomic E-state index is 11.9. The molecule has 0 radical (unpaired) electrons. The third kappa shape index (κ3) is 4.28. The van der Waals surface area contributed by atoms with E-state index in [1.165, 1.54) is 0 Å². The highest BCUT2D eigenvalue weighted by atomic mass is 16.1. The molecule has 2 rings (SSSR count). The number of nitrogens with one attached hydrogen (secondary N) is 2. The summed E-state index contributed by atoms with van der Waals surface area (Å²) in [7, 11) is 0. The summed E-state index contributed by atoms with van der Waals surface area (Å²) in [5.41, 5.74) is 5.86. The molecular formula is C13H25N3O. The molecular weight excluding hydrogens is 214 g/mol. The van der Waals surface area contributed by atoms with Crippen LogP contribution in [-0.4, -0.2) is 31.1 Å². The van der Waals surface area contributed by atoms with Crippen LogP contribution in [0.1, 0.15) is 44.9 Å². The molecule has 2 fully saturated rings. The summed E-state index contributed by atoms with van der Waals surface area (Å²) in [6.45, 7) is 2.13. The van der Waals surface area contributed by atoms with E-state index >= 15 is 0 Å². The number of carbonyl (C=O) groups is 1. The van der Waals surface area contributed by atoms with Gasteiger partial charge in [-0.3, -0.25) is 4.79 Å². The monoisotopic (exact) mass is 239 g/mol. The van der Waals surface area contributed by atoms with Gasteiger partial charge in [-0.25, -0.2) is 0 Å². The molecule has 0 bridgehead atoms. The van der Waals surface area contributed by atoms with Gasteiger partial charge < -0.3 is 16.4 Å². The molecule has 0 aromatic carbocycles. The number of hydrogen-bond donors (Lipinski definition) is 3. The maximum Gasteiger partial charge on any atom is 0.220 e. The fraction of sp³-hybridized carbons (Fsp3) is 0.923. The number of piperidine rings is 1. The number of rotatable bonds is 3. The number of nitrogens with two attached hydrogens (primary N) is 1. The highest BCUT2D eigenvalue weighted by molar-refractivity contribution is 5.76. The van der Waals surface area contributed by atoms with Gasteiger partial charge in [-0.2, -0.15) is 0 Å². The molecule has 1 saturated heterocycles. The molecule has 98 valence electrons. The largest absolute Gasteiger partial charge is 0.353 e. The highest BCUT2D eigenvalue weighted by Gasteiger charge is 2.22. The second-order valence-corrected chi connectivity index (χ2v) is 5.58. The van der Waals surface area contributed by atoms with Crippen molar-refractivity contribution < 1.29 is 4.79 Å². The van der Waals surface area contributed by atoms with Crippen LogP contribution in [0.4, 0.5) is 0 Å². The molecule has 0 aromatic heterocycles. The summed E-state index contributed by atoms with van der Waals surface area (Å²) in [5, 5.41) is 6.50. The van der Waals surface area contributed by atoms with E-state index in [-0.39, 0.29) is 5.91 Å². The first kappa shape index (κ1) is 12.8. The molecule has 1 heterocycles. The number of hydrogen-bond acceptors (Lipinski definition) is 3. The first-order valence-electron chi connectivity index (χ1n) is 6.99. The van der Waals surface area contributed by atoms with Crippen molar-refractivity contribution in [2.24, 2.45) is 11.7 Å². The van der Waals surface area contributed by atoms with Gasteiger partial charge in [0.2, 0.25) is 5.91 Å². The minimum Gasteiger partial charge on any atom is -0.353 e. The van der Waals surface area contributed by atoms with Crippen LogP contribution in [0.3, 0.4) is 0 Å². The van der Waals surface area contributed by atoms with E-state index in [9.17, 15) is 4.79 Å². The Balaban J connectivity index is 1.66. The highest BCUT2D eigenvalue weighted by Crippen LogP contribution is 2.19. The van der Waals surface area contributed by atoms with Gasteiger partial charge in [0.05, 0.1) is 0 Å². The average molecular weight is 239 g/mol. The third-order valence-electron chi connectivity index (χ3n) is 4.07. The van der Waals surface area contributed by atoms with Crippen LogP contribution >= 0.6 is 0 Å². The first-order chi connectivity index (χ1) is 8.24. The van der Waals surface area contributed by atoms with E-state index in [1.54, 1.807) is 0 Å². The molecule has 0 spiro atoms. The van der Waals surface area contributed by atoms with Gasteiger partial charge in [0.1, 0.15) is 0 Å². The molecule has 1 saturated carbocycles. The Morgan fingerprint density at radius 2 is 1.76 bits per heavy atom. The summed E-state index contributed by atoms with van der Waals surface area (Å²) in [5.74, 6) is 0.833. The zero-order chi connectivity index (χ0) is 12.1. The Morgan fingerprint density at radius 1 is 1.12 bits per heavy atom. The van der Waals surface area contributed by atoms with Gasteiger partial charge in [-0.15, -0.1) is 0 Å². The Kier molecular flexibility index (Phi) is 4.80. The number of carbonyl (C=O) groups excluding carboxylic acids is 1. The Morgan fingerprint density at radius 3 is 2.41 bits per heavy atom. The van der Waals surface area contributed by atoms with Crippen molar-refractivity contribution in [3.8, 4) is 0 Å². The lowest BCUT2D eigenvalue weighted by Gasteiger charge is -2.28. The van der Waals surface area contributed by atoms with Crippen molar-refractivity contribution in [3.05, 3.63) is 0 Å². The summed E-state index contributed by atoms with van der Waals surface area (Å²) in [4.78, 5) is 11.9. The smallest absolute Gasteiger partial charge is 0.220 e. The predicted molar refractivity (Wildman–Crippen MR) is 68.6 cm³/mol. The first-order valence-corrected chi connectivity index (χ1v) is 6.99. The topological polar surface area (TPSA) is 67.1 Å². The molecule has 1 amide bonds. The van der Waals surface area contributed by atoms with Crippen molar-refractivity contribution in [1.29, 1.82) is 0 Å². The lowest BCUT2D eigenvalue weighted by atomic mass is 9.90. The van der Waals surface area contributed by atoms with Gasteiger partial charge >= 0.3 is 0 Å². The van der Waals surface area contributed by atoms with E-state index < -0.39 is 0 Å². The minimum atomic E-state index is 0.248. The molecule has 0 atom stereocenters. The fourth-order valence-corrected chi connectivity index (χ4v) is 2.90. The lowest BCUT2D eigenvalue weighted by Crippen LogP contribution is -2.41. The normalized spacial score (nSPS) is 31.1. The molecule has 0 unspecified atom stereocenters. The van der Waals surface area contributed by atoms with Gasteiger partial charge in [-0.05, 0) is 57.5 Å². The van der Waals surface area contributed by atoms with Crippen molar-refractivity contribution >= 4 is 5.91 Å². The Labute approximate surface area is 104 Å². The van der Waals surface area contributed by atoms with Crippen LogP contribution in [-0.2, 0) is 4.79 Å². The molecule has 1 aliphatic heterocycles. The molecule has 1 aliphatic carbocycles. The van der Waals surface area contributed by atoms with Gasteiger partial charge in [0, 0.05) is 18.5 Å². The second-order valence-electron chi connectivity index (χ2n) is 5.58. The molecule has 4 N–H and O–H groups in total. The predicted octanol–water partition coefficient (Wildman–Crippen LogP) is 0.762. The van der Waals surface area contributed by atoms with Crippen molar-refractivity contribution in [1.82, 2.24) is 10.6 Å². The SMILES string of the molecule is NC1CCC(NC(=O)CC2CCNCC2)CC1. The second kappa shape index (κ2) is 6.36. The zero-order valence-electron chi connectivity index (χ0n) is 10.6. The minimum absolute atomic E-state index is 0.248.